The predicted octanol–water partition coefficient (Wildman–Crippen LogP) is 1.40. The van der Waals surface area contributed by atoms with Gasteiger partial charge in [-0.15, -0.1) is 0 Å². The molecule has 0 radical (unpaired) electrons. The molecule has 0 N–H and O–H groups in total. The van der Waals surface area contributed by atoms with Gasteiger partial charge in [-0.3, -0.25) is 9.69 Å². The Hall–Kier alpha value is -2.09. The highest BCUT2D eigenvalue weighted by molar-refractivity contribution is 5.68. The first-order valence-electron chi connectivity index (χ1n) is 10.1. The monoisotopic (exact) mass is 375 g/mol. The average molecular weight is 375 g/mol. The van der Waals surface area contributed by atoms with Crippen molar-refractivity contribution in [2.45, 2.75) is 50.8 Å². The number of carbonyl (C=O) groups is 1. The second kappa shape index (κ2) is 7.88. The van der Waals surface area contributed by atoms with Gasteiger partial charge < -0.3 is 14.5 Å². The molecule has 1 aliphatic carbocycles. The second-order valence-corrected chi connectivity index (χ2v) is 7.79. The zero-order valence-electron chi connectivity index (χ0n) is 16.0. The number of ether oxygens (including phenoxy) is 1. The van der Waals surface area contributed by atoms with Gasteiger partial charge >= 0.3 is 6.09 Å². The van der Waals surface area contributed by atoms with E-state index in [4.69, 9.17) is 4.74 Å². The van der Waals surface area contributed by atoms with E-state index in [-0.39, 0.29) is 17.9 Å². The SMILES string of the molecule is Cn1nc(N2CCCCC2OC(=O)N2CCN(C3CCC3)CC2)ccc1=O. The molecule has 148 valence electrons. The van der Waals surface area contributed by atoms with Crippen molar-refractivity contribution in [2.24, 2.45) is 7.05 Å². The van der Waals surface area contributed by atoms with Gasteiger partial charge in [-0.25, -0.2) is 9.48 Å². The normalized spacial score (nSPS) is 24.6. The van der Waals surface area contributed by atoms with Gasteiger partial charge in [0.05, 0.1) is 0 Å². The lowest BCUT2D eigenvalue weighted by Gasteiger charge is -2.43. The third-order valence-corrected chi connectivity index (χ3v) is 6.09. The Labute approximate surface area is 159 Å². The van der Waals surface area contributed by atoms with Crippen LogP contribution in [0.1, 0.15) is 38.5 Å². The largest absolute Gasteiger partial charge is 0.425 e. The molecule has 2 saturated heterocycles. The van der Waals surface area contributed by atoms with Crippen molar-refractivity contribution in [3.63, 3.8) is 0 Å². The van der Waals surface area contributed by atoms with E-state index in [1.807, 2.05) is 9.80 Å². The van der Waals surface area contributed by atoms with E-state index in [2.05, 4.69) is 10.00 Å². The van der Waals surface area contributed by atoms with Crippen LogP contribution in [0.3, 0.4) is 0 Å². The van der Waals surface area contributed by atoms with Crippen LogP contribution in [0.4, 0.5) is 10.6 Å². The summed E-state index contributed by atoms with van der Waals surface area (Å²) in [5, 5.41) is 4.33. The molecular formula is C19H29N5O3. The Morgan fingerprint density at radius 2 is 1.81 bits per heavy atom. The van der Waals surface area contributed by atoms with E-state index in [9.17, 15) is 9.59 Å². The molecule has 1 unspecified atom stereocenters. The van der Waals surface area contributed by atoms with Crippen molar-refractivity contribution in [3.05, 3.63) is 22.5 Å². The van der Waals surface area contributed by atoms with Crippen molar-refractivity contribution in [1.82, 2.24) is 19.6 Å². The van der Waals surface area contributed by atoms with Gasteiger partial charge in [0.2, 0.25) is 0 Å². The lowest BCUT2D eigenvalue weighted by Crippen LogP contribution is -2.54. The van der Waals surface area contributed by atoms with Crippen LogP contribution in [-0.2, 0) is 11.8 Å². The highest BCUT2D eigenvalue weighted by Gasteiger charge is 2.32. The van der Waals surface area contributed by atoms with Gasteiger partial charge in [0.25, 0.3) is 5.56 Å². The number of carbonyl (C=O) groups excluding carboxylic acids is 1. The first-order valence-corrected chi connectivity index (χ1v) is 10.1. The molecule has 27 heavy (non-hydrogen) atoms. The number of aryl methyl sites for hydroxylation is 1. The fourth-order valence-electron chi connectivity index (χ4n) is 4.14. The molecule has 2 aliphatic heterocycles. The summed E-state index contributed by atoms with van der Waals surface area (Å²) in [4.78, 5) is 30.7. The lowest BCUT2D eigenvalue weighted by atomic mass is 9.91. The van der Waals surface area contributed by atoms with Crippen LogP contribution in [0.25, 0.3) is 0 Å². The minimum absolute atomic E-state index is 0.145. The Bertz CT molecular complexity index is 724. The van der Waals surface area contributed by atoms with E-state index in [1.54, 1.807) is 13.1 Å². The van der Waals surface area contributed by atoms with Crippen molar-refractivity contribution in [1.29, 1.82) is 0 Å². The quantitative estimate of drug-likeness (QED) is 0.795. The third kappa shape index (κ3) is 3.95. The fraction of sp³-hybridized carbons (Fsp3) is 0.737. The topological polar surface area (TPSA) is 70.9 Å². The zero-order valence-corrected chi connectivity index (χ0v) is 16.0. The van der Waals surface area contributed by atoms with Gasteiger partial charge in [0, 0.05) is 58.3 Å². The van der Waals surface area contributed by atoms with E-state index < -0.39 is 0 Å². The molecule has 0 aromatic carbocycles. The first kappa shape index (κ1) is 18.3. The van der Waals surface area contributed by atoms with Crippen molar-refractivity contribution in [3.8, 4) is 0 Å². The molecule has 8 nitrogen and oxygen atoms in total. The molecule has 1 atom stereocenters. The van der Waals surface area contributed by atoms with E-state index in [0.29, 0.717) is 5.82 Å². The van der Waals surface area contributed by atoms with Crippen LogP contribution in [0.5, 0.6) is 0 Å². The van der Waals surface area contributed by atoms with Crippen molar-refractivity contribution in [2.75, 3.05) is 37.6 Å². The number of aromatic nitrogens is 2. The molecule has 0 bridgehead atoms. The maximum absolute atomic E-state index is 12.7. The summed E-state index contributed by atoms with van der Waals surface area (Å²) < 4.78 is 7.19. The number of hydrogen-bond acceptors (Lipinski definition) is 6. The summed E-state index contributed by atoms with van der Waals surface area (Å²) in [6, 6.07) is 3.95. The van der Waals surface area contributed by atoms with Crippen molar-refractivity contribution >= 4 is 11.9 Å². The summed E-state index contributed by atoms with van der Waals surface area (Å²) >= 11 is 0. The van der Waals surface area contributed by atoms with Gasteiger partial charge in [-0.05, 0) is 31.7 Å². The number of amides is 1. The van der Waals surface area contributed by atoms with Crippen LogP contribution in [0.15, 0.2) is 16.9 Å². The summed E-state index contributed by atoms with van der Waals surface area (Å²) in [7, 11) is 1.64. The minimum Gasteiger partial charge on any atom is -0.425 e. The number of hydrogen-bond donors (Lipinski definition) is 0. The highest BCUT2D eigenvalue weighted by Crippen LogP contribution is 2.26. The molecule has 3 aliphatic rings. The smallest absolute Gasteiger partial charge is 0.411 e. The maximum atomic E-state index is 12.7. The Kier molecular flexibility index (Phi) is 5.33. The molecule has 0 spiro atoms. The minimum atomic E-state index is -0.319. The fourth-order valence-corrected chi connectivity index (χ4v) is 4.14. The Morgan fingerprint density at radius 3 is 2.48 bits per heavy atom. The van der Waals surface area contributed by atoms with Gasteiger partial charge in [-0.1, -0.05) is 6.42 Å². The third-order valence-electron chi connectivity index (χ3n) is 6.09. The standard InChI is InChI=1S/C19H29N5O3/c1-21-17(25)9-8-16(20-21)24-10-3-2-7-18(24)27-19(26)23-13-11-22(12-14-23)15-5-4-6-15/h8-9,15,18H,2-7,10-14H2,1H3. The maximum Gasteiger partial charge on any atom is 0.411 e. The predicted molar refractivity (Wildman–Crippen MR) is 102 cm³/mol. The van der Waals surface area contributed by atoms with Crippen LogP contribution >= 0.6 is 0 Å². The molecule has 3 fully saturated rings. The molecule has 1 aromatic heterocycles. The molecule has 4 rings (SSSR count). The van der Waals surface area contributed by atoms with Gasteiger partial charge in [0.1, 0.15) is 0 Å². The van der Waals surface area contributed by atoms with Gasteiger partial charge in [0.15, 0.2) is 12.0 Å². The number of anilines is 1. The lowest BCUT2D eigenvalue weighted by molar-refractivity contribution is 0.0219. The van der Waals surface area contributed by atoms with Gasteiger partial charge in [-0.2, -0.15) is 5.10 Å². The molecule has 1 aromatic rings. The van der Waals surface area contributed by atoms with E-state index in [1.165, 1.54) is 30.0 Å². The molecule has 1 amide bonds. The summed E-state index contributed by atoms with van der Waals surface area (Å²) in [5.41, 5.74) is -0.145. The average Bonchev–Trinajstić information content (AvgIpc) is 2.64. The number of rotatable bonds is 3. The molecular weight excluding hydrogens is 346 g/mol. The van der Waals surface area contributed by atoms with Crippen LogP contribution in [0.2, 0.25) is 0 Å². The van der Waals surface area contributed by atoms with Crippen molar-refractivity contribution < 1.29 is 9.53 Å². The second-order valence-electron chi connectivity index (χ2n) is 7.79. The van der Waals surface area contributed by atoms with Crippen LogP contribution < -0.4 is 10.5 Å². The summed E-state index contributed by atoms with van der Waals surface area (Å²) in [6.45, 7) is 4.13. The van der Waals surface area contributed by atoms with E-state index in [0.717, 1.165) is 58.0 Å². The molecule has 8 heteroatoms. The molecule has 1 saturated carbocycles. The Morgan fingerprint density at radius 1 is 1.04 bits per heavy atom. The Balaban J connectivity index is 1.37. The number of nitrogens with zero attached hydrogens (tertiary/aromatic N) is 5. The number of piperazine rings is 1. The number of piperidine rings is 1. The summed E-state index contributed by atoms with van der Waals surface area (Å²) in [5.74, 6) is 0.685. The first-order chi connectivity index (χ1) is 13.1. The van der Waals surface area contributed by atoms with E-state index >= 15 is 0 Å². The van der Waals surface area contributed by atoms with Crippen LogP contribution in [0, 0.1) is 0 Å². The highest BCUT2D eigenvalue weighted by atomic mass is 16.6. The summed E-state index contributed by atoms with van der Waals surface area (Å²) in [6.07, 6.45) is 6.23. The molecule has 3 heterocycles. The van der Waals surface area contributed by atoms with Crippen LogP contribution in [-0.4, -0.2) is 70.7 Å². The zero-order chi connectivity index (χ0) is 18.8.